The van der Waals surface area contributed by atoms with Crippen LogP contribution in [0.3, 0.4) is 0 Å². The number of carbonyl (C=O) groups is 1. The van der Waals surface area contributed by atoms with E-state index in [1.54, 1.807) is 0 Å². The minimum Gasteiger partial charge on any atom is -0.491 e. The fourth-order valence-electron chi connectivity index (χ4n) is 5.18. The largest absolute Gasteiger partial charge is 0.491 e. The number of nitrogens with zero attached hydrogens (tertiary/aromatic N) is 2. The van der Waals surface area contributed by atoms with Crippen molar-refractivity contribution in [2.75, 3.05) is 57.7 Å². The third-order valence-electron chi connectivity index (χ3n) is 7.12. The van der Waals surface area contributed by atoms with Crippen LogP contribution in [0.1, 0.15) is 61.7 Å². The van der Waals surface area contributed by atoms with Crippen LogP contribution in [0.25, 0.3) is 11.1 Å². The molecule has 0 saturated carbocycles. The summed E-state index contributed by atoms with van der Waals surface area (Å²) in [5.41, 5.74) is 3.73. The second-order valence-electron chi connectivity index (χ2n) is 9.70. The molecule has 5 nitrogen and oxygen atoms in total. The summed E-state index contributed by atoms with van der Waals surface area (Å²) in [5, 5.41) is 3.62. The summed E-state index contributed by atoms with van der Waals surface area (Å²) in [6.45, 7) is 8.84. The summed E-state index contributed by atoms with van der Waals surface area (Å²) in [6, 6.07) is 14.1. The molecule has 0 atom stereocenters. The van der Waals surface area contributed by atoms with Gasteiger partial charge in [-0.15, -0.1) is 0 Å². The molecule has 4 rings (SSSR count). The molecule has 1 N–H and O–H groups in total. The Morgan fingerprint density at radius 1 is 0.824 bits per heavy atom. The van der Waals surface area contributed by atoms with E-state index in [1.165, 1.54) is 64.7 Å². The number of aldehydes is 1. The van der Waals surface area contributed by atoms with Gasteiger partial charge in [0.05, 0.1) is 12.3 Å². The Morgan fingerprint density at radius 2 is 1.50 bits per heavy atom. The maximum atomic E-state index is 11.6. The number of hydrogen-bond acceptors (Lipinski definition) is 5. The molecule has 2 aromatic carbocycles. The third kappa shape index (κ3) is 7.31. The van der Waals surface area contributed by atoms with Gasteiger partial charge in [-0.1, -0.05) is 43.2 Å². The van der Waals surface area contributed by atoms with Crippen molar-refractivity contribution >= 4 is 12.0 Å². The van der Waals surface area contributed by atoms with Crippen LogP contribution in [0.4, 0.5) is 5.69 Å². The van der Waals surface area contributed by atoms with E-state index in [4.69, 9.17) is 4.74 Å². The lowest BCUT2D eigenvalue weighted by molar-refractivity contribution is 0.112. The Morgan fingerprint density at radius 3 is 2.21 bits per heavy atom. The monoisotopic (exact) mass is 463 g/mol. The molecule has 2 fully saturated rings. The van der Waals surface area contributed by atoms with Gasteiger partial charge in [0.2, 0.25) is 0 Å². The number of ether oxygens (including phenoxy) is 1. The van der Waals surface area contributed by atoms with Crippen molar-refractivity contribution in [2.24, 2.45) is 0 Å². The topological polar surface area (TPSA) is 44.8 Å². The normalized spacial score (nSPS) is 17.4. The van der Waals surface area contributed by atoms with Gasteiger partial charge < -0.3 is 19.9 Å². The molecule has 2 heterocycles. The van der Waals surface area contributed by atoms with Gasteiger partial charge in [0.25, 0.3) is 0 Å². The van der Waals surface area contributed by atoms with Crippen molar-refractivity contribution in [3.8, 4) is 16.9 Å². The van der Waals surface area contributed by atoms with Gasteiger partial charge in [0.15, 0.2) is 6.29 Å². The number of rotatable bonds is 12. The minimum atomic E-state index is 0.706. The number of likely N-dealkylation sites (tertiary alicyclic amines) is 2. The Balaban J connectivity index is 1.37. The summed E-state index contributed by atoms with van der Waals surface area (Å²) in [7, 11) is 0. The van der Waals surface area contributed by atoms with E-state index >= 15 is 0 Å². The van der Waals surface area contributed by atoms with E-state index in [-0.39, 0.29) is 0 Å². The molecule has 2 saturated heterocycles. The van der Waals surface area contributed by atoms with Gasteiger partial charge in [-0.25, -0.2) is 0 Å². The molecule has 0 aromatic heterocycles. The average Bonchev–Trinajstić information content (AvgIpc) is 2.90. The zero-order valence-corrected chi connectivity index (χ0v) is 20.6. The summed E-state index contributed by atoms with van der Waals surface area (Å²) in [4.78, 5) is 16.7. The van der Waals surface area contributed by atoms with E-state index in [0.29, 0.717) is 12.2 Å². The number of piperidine rings is 2. The minimum absolute atomic E-state index is 0.706. The lowest BCUT2D eigenvalue weighted by atomic mass is 10.00. The molecular formula is C29H41N3O2. The first-order valence-electron chi connectivity index (χ1n) is 13.3. The molecule has 0 bridgehead atoms. The second kappa shape index (κ2) is 13.5. The van der Waals surface area contributed by atoms with Gasteiger partial charge >= 0.3 is 0 Å². The van der Waals surface area contributed by atoms with E-state index in [0.717, 1.165) is 61.3 Å². The lowest BCUT2D eigenvalue weighted by Gasteiger charge is -2.26. The molecule has 0 amide bonds. The van der Waals surface area contributed by atoms with Gasteiger partial charge in [-0.05, 0) is 94.5 Å². The first kappa shape index (κ1) is 24.7. The first-order chi connectivity index (χ1) is 16.8. The van der Waals surface area contributed by atoms with Crippen molar-refractivity contribution in [3.05, 3.63) is 48.0 Å². The smallest absolute Gasteiger partial charge is 0.150 e. The van der Waals surface area contributed by atoms with Crippen LogP contribution >= 0.6 is 0 Å². The third-order valence-corrected chi connectivity index (χ3v) is 7.12. The molecule has 2 aromatic rings. The van der Waals surface area contributed by atoms with Crippen LogP contribution in [0.15, 0.2) is 42.5 Å². The molecule has 184 valence electrons. The number of nitrogens with one attached hydrogen (secondary N) is 1. The van der Waals surface area contributed by atoms with Crippen LogP contribution in [-0.2, 0) is 0 Å². The Hall–Kier alpha value is -2.37. The first-order valence-corrected chi connectivity index (χ1v) is 13.3. The molecule has 0 spiro atoms. The molecule has 0 aliphatic carbocycles. The fraction of sp³-hybridized carbons (Fsp3) is 0.552. The van der Waals surface area contributed by atoms with Crippen molar-refractivity contribution in [1.29, 1.82) is 0 Å². The predicted octanol–water partition coefficient (Wildman–Crippen LogP) is 5.71. The molecule has 0 unspecified atom stereocenters. The van der Waals surface area contributed by atoms with Gasteiger partial charge in [-0.2, -0.15) is 0 Å². The summed E-state index contributed by atoms with van der Waals surface area (Å²) >= 11 is 0. The molecule has 2 aliphatic rings. The van der Waals surface area contributed by atoms with Gasteiger partial charge in [-0.3, -0.25) is 4.79 Å². The van der Waals surface area contributed by atoms with Gasteiger partial charge in [0.1, 0.15) is 5.75 Å². The van der Waals surface area contributed by atoms with Crippen LogP contribution in [0, 0.1) is 0 Å². The van der Waals surface area contributed by atoms with E-state index < -0.39 is 0 Å². The van der Waals surface area contributed by atoms with Crippen LogP contribution in [-0.4, -0.2) is 68.5 Å². The number of carbonyl (C=O) groups excluding carboxylic acids is 1. The highest BCUT2D eigenvalue weighted by Gasteiger charge is 2.13. The average molecular weight is 464 g/mol. The zero-order chi connectivity index (χ0) is 23.4. The van der Waals surface area contributed by atoms with Crippen molar-refractivity contribution < 1.29 is 9.53 Å². The number of benzene rings is 2. The van der Waals surface area contributed by atoms with E-state index in [2.05, 4.69) is 33.3 Å². The molecule has 2 aliphatic heterocycles. The highest BCUT2D eigenvalue weighted by atomic mass is 16.5. The molecule has 5 heteroatoms. The summed E-state index contributed by atoms with van der Waals surface area (Å²) < 4.78 is 6.32. The van der Waals surface area contributed by atoms with Crippen LogP contribution < -0.4 is 10.1 Å². The van der Waals surface area contributed by atoms with E-state index in [9.17, 15) is 4.79 Å². The van der Waals surface area contributed by atoms with Crippen molar-refractivity contribution in [3.63, 3.8) is 0 Å². The summed E-state index contributed by atoms with van der Waals surface area (Å²) in [5.74, 6) is 0.884. The molecule has 0 radical (unpaired) electrons. The van der Waals surface area contributed by atoms with Crippen molar-refractivity contribution in [2.45, 2.75) is 51.4 Å². The predicted molar refractivity (Wildman–Crippen MR) is 141 cm³/mol. The standard InChI is InChI=1S/C29H41N3O2/c33-24-26-11-3-4-12-27(26)25-13-14-28(30-15-9-20-31-16-5-1-6-17-31)29(23-25)34-22-10-21-32-18-7-2-8-19-32/h3-4,11-14,23-24,30H,1-2,5-10,15-22H2. The summed E-state index contributed by atoms with van der Waals surface area (Å²) in [6.07, 6.45) is 11.2. The Bertz CT molecular complexity index is 889. The zero-order valence-electron chi connectivity index (χ0n) is 20.6. The number of hydrogen-bond donors (Lipinski definition) is 1. The van der Waals surface area contributed by atoms with Crippen LogP contribution in [0.5, 0.6) is 5.75 Å². The van der Waals surface area contributed by atoms with E-state index in [1.807, 2.05) is 24.3 Å². The Labute approximate surface area is 205 Å². The van der Waals surface area contributed by atoms with Crippen LogP contribution in [0.2, 0.25) is 0 Å². The van der Waals surface area contributed by atoms with Crippen molar-refractivity contribution in [1.82, 2.24) is 9.80 Å². The maximum Gasteiger partial charge on any atom is 0.150 e. The quantitative estimate of drug-likeness (QED) is 0.323. The highest BCUT2D eigenvalue weighted by molar-refractivity contribution is 5.88. The van der Waals surface area contributed by atoms with Gasteiger partial charge in [0, 0.05) is 18.7 Å². The Kier molecular flexibility index (Phi) is 9.83. The maximum absolute atomic E-state index is 11.6. The second-order valence-corrected chi connectivity index (χ2v) is 9.70. The number of anilines is 1. The highest BCUT2D eigenvalue weighted by Crippen LogP contribution is 2.32. The lowest BCUT2D eigenvalue weighted by Crippen LogP contribution is -2.31. The SMILES string of the molecule is O=Cc1ccccc1-c1ccc(NCCCN2CCCCC2)c(OCCCN2CCCCC2)c1. The molecular weight excluding hydrogens is 422 g/mol. The molecule has 34 heavy (non-hydrogen) atoms. The fourth-order valence-corrected chi connectivity index (χ4v) is 5.18.